The van der Waals surface area contributed by atoms with E-state index in [2.05, 4.69) is 4.72 Å². The molecule has 20 heavy (non-hydrogen) atoms. The summed E-state index contributed by atoms with van der Waals surface area (Å²) in [6.07, 6.45) is 0. The van der Waals surface area contributed by atoms with E-state index in [0.29, 0.717) is 16.7 Å². The molecule has 7 heteroatoms. The van der Waals surface area contributed by atoms with Crippen LogP contribution in [0.1, 0.15) is 18.5 Å². The highest BCUT2D eigenvalue weighted by Gasteiger charge is 2.19. The summed E-state index contributed by atoms with van der Waals surface area (Å²) in [5, 5.41) is 0.361. The van der Waals surface area contributed by atoms with Crippen LogP contribution in [0.15, 0.2) is 29.2 Å². The number of rotatable bonds is 5. The van der Waals surface area contributed by atoms with Crippen LogP contribution in [0.5, 0.6) is 0 Å². The fourth-order valence-electron chi connectivity index (χ4n) is 1.91. The third-order valence-electron chi connectivity index (χ3n) is 3.08. The number of benzene rings is 1. The zero-order chi connectivity index (χ0) is 14.6. The van der Waals surface area contributed by atoms with Gasteiger partial charge in [-0.1, -0.05) is 12.1 Å². The molecule has 1 aliphatic heterocycles. The van der Waals surface area contributed by atoms with Gasteiger partial charge in [0.05, 0.1) is 4.90 Å². The molecule has 1 heterocycles. The number of sulfonamides is 1. The topological polar surface area (TPSA) is 72.2 Å². The molecule has 4 nitrogen and oxygen atoms in total. The van der Waals surface area contributed by atoms with E-state index in [9.17, 15) is 8.42 Å². The molecule has 0 aromatic heterocycles. The van der Waals surface area contributed by atoms with E-state index >= 15 is 0 Å². The van der Waals surface area contributed by atoms with E-state index in [-0.39, 0.29) is 6.04 Å². The molecule has 1 saturated heterocycles. The summed E-state index contributed by atoms with van der Waals surface area (Å²) in [5.74, 6) is 3.26. The summed E-state index contributed by atoms with van der Waals surface area (Å²) in [6, 6.07) is 6.66. The SMILES string of the molecule is CC(N)c1cccc(S(=O)(=O)NCC2CSCCS2)c1. The minimum absolute atomic E-state index is 0.171. The van der Waals surface area contributed by atoms with Crippen molar-refractivity contribution in [2.45, 2.75) is 23.1 Å². The van der Waals surface area contributed by atoms with Crippen molar-refractivity contribution < 1.29 is 8.42 Å². The van der Waals surface area contributed by atoms with E-state index in [1.165, 1.54) is 0 Å². The molecule has 0 spiro atoms. The van der Waals surface area contributed by atoms with Crippen LogP contribution in [0.2, 0.25) is 0 Å². The van der Waals surface area contributed by atoms with E-state index in [1.54, 1.807) is 18.2 Å². The summed E-state index contributed by atoms with van der Waals surface area (Å²) in [4.78, 5) is 0.292. The Kier molecular flexibility index (Phi) is 5.80. The van der Waals surface area contributed by atoms with E-state index in [4.69, 9.17) is 5.73 Å². The van der Waals surface area contributed by atoms with Gasteiger partial charge in [-0.2, -0.15) is 23.5 Å². The maximum atomic E-state index is 12.3. The molecule has 2 unspecified atom stereocenters. The lowest BCUT2D eigenvalue weighted by atomic mass is 10.1. The van der Waals surface area contributed by atoms with Gasteiger partial charge in [-0.3, -0.25) is 0 Å². The maximum Gasteiger partial charge on any atom is 0.240 e. The standard InChI is InChI=1S/C13H20N2O2S3/c1-10(14)11-3-2-4-13(7-11)20(16,17)15-8-12-9-18-5-6-19-12/h2-4,7,10,12,15H,5-6,8-9,14H2,1H3. The van der Waals surface area contributed by atoms with Crippen LogP contribution < -0.4 is 10.5 Å². The molecular formula is C13H20N2O2S3. The molecule has 2 rings (SSSR count). The zero-order valence-corrected chi connectivity index (χ0v) is 13.9. The van der Waals surface area contributed by atoms with Crippen molar-refractivity contribution in [3.05, 3.63) is 29.8 Å². The van der Waals surface area contributed by atoms with Gasteiger partial charge in [0.15, 0.2) is 0 Å². The van der Waals surface area contributed by atoms with Gasteiger partial charge in [0.1, 0.15) is 0 Å². The first-order valence-electron chi connectivity index (χ1n) is 6.53. The van der Waals surface area contributed by atoms with E-state index < -0.39 is 10.0 Å². The predicted molar refractivity (Wildman–Crippen MR) is 87.8 cm³/mol. The largest absolute Gasteiger partial charge is 0.324 e. The van der Waals surface area contributed by atoms with E-state index in [0.717, 1.165) is 22.8 Å². The molecule has 0 amide bonds. The van der Waals surface area contributed by atoms with Gasteiger partial charge in [-0.05, 0) is 24.6 Å². The second kappa shape index (κ2) is 7.17. The molecule has 1 aromatic carbocycles. The Balaban J connectivity index is 2.03. The number of hydrogen-bond acceptors (Lipinski definition) is 5. The molecule has 0 saturated carbocycles. The number of nitrogens with one attached hydrogen (secondary N) is 1. The van der Waals surface area contributed by atoms with Crippen molar-refractivity contribution in [3.8, 4) is 0 Å². The van der Waals surface area contributed by atoms with Crippen LogP contribution in [0.4, 0.5) is 0 Å². The Hall–Kier alpha value is -0.210. The highest BCUT2D eigenvalue weighted by Crippen LogP contribution is 2.24. The highest BCUT2D eigenvalue weighted by molar-refractivity contribution is 8.06. The quantitative estimate of drug-likeness (QED) is 0.861. The Morgan fingerprint density at radius 1 is 1.45 bits per heavy atom. The third kappa shape index (κ3) is 4.39. The summed E-state index contributed by atoms with van der Waals surface area (Å²) >= 11 is 3.72. The Labute approximate surface area is 129 Å². The Bertz CT molecular complexity index is 540. The molecule has 1 aromatic rings. The van der Waals surface area contributed by atoms with Gasteiger partial charge in [0.2, 0.25) is 10.0 Å². The van der Waals surface area contributed by atoms with Gasteiger partial charge in [-0.15, -0.1) is 0 Å². The van der Waals surface area contributed by atoms with E-state index in [1.807, 2.05) is 36.5 Å². The van der Waals surface area contributed by atoms with Crippen LogP contribution in [0, 0.1) is 0 Å². The molecule has 0 bridgehead atoms. The van der Waals surface area contributed by atoms with Crippen LogP contribution in [-0.4, -0.2) is 37.5 Å². The first-order valence-corrected chi connectivity index (χ1v) is 10.2. The molecule has 0 aliphatic carbocycles. The summed E-state index contributed by atoms with van der Waals surface area (Å²) in [6.45, 7) is 2.33. The van der Waals surface area contributed by atoms with Gasteiger partial charge < -0.3 is 5.73 Å². The van der Waals surface area contributed by atoms with Gasteiger partial charge >= 0.3 is 0 Å². The third-order valence-corrected chi connectivity index (χ3v) is 7.35. The highest BCUT2D eigenvalue weighted by atomic mass is 32.2. The van der Waals surface area contributed by atoms with Crippen molar-refractivity contribution in [1.29, 1.82) is 0 Å². The molecule has 3 N–H and O–H groups in total. The Morgan fingerprint density at radius 3 is 2.90 bits per heavy atom. The van der Waals surface area contributed by atoms with Crippen molar-refractivity contribution in [1.82, 2.24) is 4.72 Å². The number of nitrogens with two attached hydrogens (primary N) is 1. The lowest BCUT2D eigenvalue weighted by molar-refractivity contribution is 0.581. The fraction of sp³-hybridized carbons (Fsp3) is 0.538. The zero-order valence-electron chi connectivity index (χ0n) is 11.4. The summed E-state index contributed by atoms with van der Waals surface area (Å²) in [7, 11) is -3.44. The van der Waals surface area contributed by atoms with Gasteiger partial charge in [-0.25, -0.2) is 13.1 Å². The average molecular weight is 333 g/mol. The van der Waals surface area contributed by atoms with Crippen LogP contribution in [-0.2, 0) is 10.0 Å². The smallest absolute Gasteiger partial charge is 0.240 e. The second-order valence-corrected chi connectivity index (χ2v) is 9.11. The maximum absolute atomic E-state index is 12.3. The first kappa shape index (κ1) is 16.2. The molecule has 1 fully saturated rings. The molecule has 0 radical (unpaired) electrons. The average Bonchev–Trinajstić information content (AvgIpc) is 2.46. The number of thioether (sulfide) groups is 2. The van der Waals surface area contributed by atoms with Gasteiger partial charge in [0, 0.05) is 35.1 Å². The molecular weight excluding hydrogens is 312 g/mol. The van der Waals surface area contributed by atoms with Crippen molar-refractivity contribution >= 4 is 33.5 Å². The van der Waals surface area contributed by atoms with Crippen molar-refractivity contribution in [3.63, 3.8) is 0 Å². The minimum Gasteiger partial charge on any atom is -0.324 e. The second-order valence-electron chi connectivity index (χ2n) is 4.78. The predicted octanol–water partition coefficient (Wildman–Crippen LogP) is 1.83. The Morgan fingerprint density at radius 2 is 2.25 bits per heavy atom. The van der Waals surface area contributed by atoms with Crippen molar-refractivity contribution in [2.24, 2.45) is 5.73 Å². The number of hydrogen-bond donors (Lipinski definition) is 2. The monoisotopic (exact) mass is 332 g/mol. The van der Waals surface area contributed by atoms with Gasteiger partial charge in [0.25, 0.3) is 0 Å². The van der Waals surface area contributed by atoms with Crippen LogP contribution in [0.25, 0.3) is 0 Å². The summed E-state index contributed by atoms with van der Waals surface area (Å²) in [5.41, 5.74) is 6.62. The van der Waals surface area contributed by atoms with Crippen molar-refractivity contribution in [2.75, 3.05) is 23.8 Å². The lowest BCUT2D eigenvalue weighted by Gasteiger charge is -2.21. The molecule has 112 valence electrons. The van der Waals surface area contributed by atoms with Crippen LogP contribution >= 0.6 is 23.5 Å². The minimum atomic E-state index is -3.44. The molecule has 1 aliphatic rings. The van der Waals surface area contributed by atoms with Crippen LogP contribution in [0.3, 0.4) is 0 Å². The summed E-state index contributed by atoms with van der Waals surface area (Å²) < 4.78 is 27.3. The fourth-order valence-corrected chi connectivity index (χ4v) is 5.76. The first-order chi connectivity index (χ1) is 9.49. The molecule has 2 atom stereocenters. The lowest BCUT2D eigenvalue weighted by Crippen LogP contribution is -2.33. The normalized spacial score (nSPS) is 21.6.